The van der Waals surface area contributed by atoms with Gasteiger partial charge >= 0.3 is 0 Å². The maximum Gasteiger partial charge on any atom is 0.255 e. The predicted molar refractivity (Wildman–Crippen MR) is 100 cm³/mol. The van der Waals surface area contributed by atoms with E-state index in [1.54, 1.807) is 0 Å². The number of carbonyl (C=O) groups is 1. The van der Waals surface area contributed by atoms with Gasteiger partial charge in [-0.3, -0.25) is 4.79 Å². The lowest BCUT2D eigenvalue weighted by Gasteiger charge is -2.26. The summed E-state index contributed by atoms with van der Waals surface area (Å²) in [7, 11) is -3.87. The number of benzene rings is 2. The number of carbonyl (C=O) groups excluding carboxylic acids is 1. The van der Waals surface area contributed by atoms with E-state index in [0.717, 1.165) is 6.07 Å². The zero-order chi connectivity index (χ0) is 19.6. The normalized spacial score (nSPS) is 15.5. The largest absolute Gasteiger partial charge is 0.379 e. The second-order valence-electron chi connectivity index (χ2n) is 5.74. The smallest absolute Gasteiger partial charge is 0.255 e. The van der Waals surface area contributed by atoms with Crippen LogP contribution < -0.4 is 5.32 Å². The quantitative estimate of drug-likeness (QED) is 0.802. The van der Waals surface area contributed by atoms with E-state index in [9.17, 15) is 17.6 Å². The van der Waals surface area contributed by atoms with Crippen LogP contribution in [0.5, 0.6) is 0 Å². The summed E-state index contributed by atoms with van der Waals surface area (Å²) < 4.78 is 45.6. The first-order valence-electron chi connectivity index (χ1n) is 7.93. The van der Waals surface area contributed by atoms with Crippen molar-refractivity contribution in [2.75, 3.05) is 31.6 Å². The number of morpholine rings is 1. The highest BCUT2D eigenvalue weighted by molar-refractivity contribution is 7.89. The molecule has 1 aliphatic rings. The summed E-state index contributed by atoms with van der Waals surface area (Å²) in [6, 6.07) is 7.75. The van der Waals surface area contributed by atoms with E-state index in [4.69, 9.17) is 27.9 Å². The summed E-state index contributed by atoms with van der Waals surface area (Å²) in [6.45, 7) is 0.997. The van der Waals surface area contributed by atoms with Crippen molar-refractivity contribution in [3.63, 3.8) is 0 Å². The van der Waals surface area contributed by atoms with Crippen LogP contribution in [0, 0.1) is 5.82 Å². The van der Waals surface area contributed by atoms with Gasteiger partial charge in [-0.1, -0.05) is 23.2 Å². The minimum absolute atomic E-state index is 0.00980. The Kier molecular flexibility index (Phi) is 6.02. The topological polar surface area (TPSA) is 75.7 Å². The van der Waals surface area contributed by atoms with Gasteiger partial charge in [-0.05, 0) is 36.4 Å². The fraction of sp³-hybridized carbons (Fsp3) is 0.235. The van der Waals surface area contributed by atoms with Crippen LogP contribution in [0.3, 0.4) is 0 Å². The van der Waals surface area contributed by atoms with Crippen molar-refractivity contribution in [1.29, 1.82) is 0 Å². The standard InChI is InChI=1S/C17H15Cl2FN2O4S/c18-13-4-2-12(10-15(13)20)21-17(23)11-1-3-14(19)16(9-11)27(24,25)22-5-7-26-8-6-22/h1-4,9-10H,5-8H2,(H,21,23). The van der Waals surface area contributed by atoms with Crippen molar-refractivity contribution >= 4 is 44.8 Å². The van der Waals surface area contributed by atoms with E-state index in [2.05, 4.69) is 5.32 Å². The number of hydrogen-bond acceptors (Lipinski definition) is 4. The van der Waals surface area contributed by atoms with Gasteiger partial charge in [-0.25, -0.2) is 12.8 Å². The summed E-state index contributed by atoms with van der Waals surface area (Å²) >= 11 is 11.7. The molecule has 2 aromatic rings. The van der Waals surface area contributed by atoms with Crippen molar-refractivity contribution in [3.8, 4) is 0 Å². The number of anilines is 1. The van der Waals surface area contributed by atoms with Gasteiger partial charge in [-0.2, -0.15) is 4.31 Å². The van der Waals surface area contributed by atoms with Crippen LogP contribution in [-0.4, -0.2) is 44.9 Å². The van der Waals surface area contributed by atoms with E-state index in [1.807, 2.05) is 0 Å². The molecule has 0 spiro atoms. The number of amides is 1. The molecule has 0 aliphatic carbocycles. The first kappa shape index (κ1) is 20.0. The van der Waals surface area contributed by atoms with Crippen LogP contribution in [0.1, 0.15) is 10.4 Å². The number of hydrogen-bond donors (Lipinski definition) is 1. The molecule has 2 aromatic carbocycles. The zero-order valence-electron chi connectivity index (χ0n) is 13.9. The minimum atomic E-state index is -3.87. The lowest BCUT2D eigenvalue weighted by Crippen LogP contribution is -2.40. The maximum atomic E-state index is 13.5. The third kappa shape index (κ3) is 4.41. The van der Waals surface area contributed by atoms with Crippen LogP contribution in [0.4, 0.5) is 10.1 Å². The van der Waals surface area contributed by atoms with Crippen molar-refractivity contribution in [2.45, 2.75) is 4.90 Å². The number of nitrogens with zero attached hydrogens (tertiary/aromatic N) is 1. The maximum absolute atomic E-state index is 13.5. The van der Waals surface area contributed by atoms with Gasteiger partial charge in [0.1, 0.15) is 10.7 Å². The molecule has 1 saturated heterocycles. The molecule has 144 valence electrons. The Morgan fingerprint density at radius 3 is 2.41 bits per heavy atom. The Hall–Kier alpha value is -1.71. The molecule has 0 radical (unpaired) electrons. The fourth-order valence-electron chi connectivity index (χ4n) is 2.55. The van der Waals surface area contributed by atoms with Crippen LogP contribution >= 0.6 is 23.2 Å². The SMILES string of the molecule is O=C(Nc1ccc(Cl)c(F)c1)c1ccc(Cl)c(S(=O)(=O)N2CCOCC2)c1. The summed E-state index contributed by atoms with van der Waals surface area (Å²) in [4.78, 5) is 12.3. The second-order valence-corrected chi connectivity index (χ2v) is 8.47. The van der Waals surface area contributed by atoms with Crippen molar-refractivity contribution in [2.24, 2.45) is 0 Å². The molecule has 1 aliphatic heterocycles. The molecule has 0 saturated carbocycles. The molecule has 6 nitrogen and oxygen atoms in total. The van der Waals surface area contributed by atoms with Crippen molar-refractivity contribution < 1.29 is 22.3 Å². The zero-order valence-corrected chi connectivity index (χ0v) is 16.2. The van der Waals surface area contributed by atoms with E-state index in [0.29, 0.717) is 13.2 Å². The highest BCUT2D eigenvalue weighted by Crippen LogP contribution is 2.27. The summed E-state index contributed by atoms with van der Waals surface area (Å²) in [6.07, 6.45) is 0. The molecular formula is C17H15Cl2FN2O4S. The monoisotopic (exact) mass is 432 g/mol. The van der Waals surface area contributed by atoms with Gasteiger partial charge in [0.25, 0.3) is 5.91 Å². The summed E-state index contributed by atoms with van der Waals surface area (Å²) in [5.41, 5.74) is 0.260. The number of halogens is 3. The van der Waals surface area contributed by atoms with Crippen LogP contribution in [-0.2, 0) is 14.8 Å². The molecule has 3 rings (SSSR count). The first-order valence-corrected chi connectivity index (χ1v) is 10.1. The molecular weight excluding hydrogens is 418 g/mol. The Morgan fingerprint density at radius 2 is 1.74 bits per heavy atom. The molecule has 1 fully saturated rings. The molecule has 0 aromatic heterocycles. The van der Waals surface area contributed by atoms with Gasteiger partial charge in [0.15, 0.2) is 0 Å². The Balaban J connectivity index is 1.88. The van der Waals surface area contributed by atoms with E-state index in [1.165, 1.54) is 34.6 Å². The number of ether oxygens (including phenoxy) is 1. The van der Waals surface area contributed by atoms with Gasteiger partial charge in [-0.15, -0.1) is 0 Å². The Bertz CT molecular complexity index is 979. The molecule has 0 bridgehead atoms. The number of sulfonamides is 1. The van der Waals surface area contributed by atoms with Gasteiger partial charge in [0.2, 0.25) is 10.0 Å². The summed E-state index contributed by atoms with van der Waals surface area (Å²) in [5, 5.41) is 2.43. The van der Waals surface area contributed by atoms with Crippen LogP contribution in [0.2, 0.25) is 10.0 Å². The number of rotatable bonds is 4. The predicted octanol–water partition coefficient (Wildman–Crippen LogP) is 3.41. The third-order valence-corrected chi connectivity index (χ3v) is 6.65. The average molecular weight is 433 g/mol. The second kappa shape index (κ2) is 8.12. The molecule has 0 unspecified atom stereocenters. The lowest BCUT2D eigenvalue weighted by molar-refractivity contribution is 0.0730. The summed E-state index contributed by atoms with van der Waals surface area (Å²) in [5.74, 6) is -1.28. The van der Waals surface area contributed by atoms with Gasteiger partial charge in [0.05, 0.1) is 23.3 Å². The highest BCUT2D eigenvalue weighted by Gasteiger charge is 2.29. The lowest BCUT2D eigenvalue weighted by atomic mass is 10.2. The van der Waals surface area contributed by atoms with Crippen LogP contribution in [0.15, 0.2) is 41.3 Å². The molecule has 1 heterocycles. The van der Waals surface area contributed by atoms with Gasteiger partial charge < -0.3 is 10.1 Å². The fourth-order valence-corrected chi connectivity index (χ4v) is 4.57. The minimum Gasteiger partial charge on any atom is -0.379 e. The Labute approximate surface area is 165 Å². The Morgan fingerprint density at radius 1 is 1.07 bits per heavy atom. The molecule has 0 atom stereocenters. The van der Waals surface area contributed by atoms with E-state index < -0.39 is 21.7 Å². The highest BCUT2D eigenvalue weighted by atomic mass is 35.5. The van der Waals surface area contributed by atoms with E-state index in [-0.39, 0.29) is 39.3 Å². The first-order chi connectivity index (χ1) is 12.8. The van der Waals surface area contributed by atoms with E-state index >= 15 is 0 Å². The molecule has 1 N–H and O–H groups in total. The van der Waals surface area contributed by atoms with Gasteiger partial charge in [0, 0.05) is 24.3 Å². The molecule has 1 amide bonds. The van der Waals surface area contributed by atoms with Crippen molar-refractivity contribution in [1.82, 2.24) is 4.31 Å². The van der Waals surface area contributed by atoms with Crippen molar-refractivity contribution in [3.05, 3.63) is 57.8 Å². The van der Waals surface area contributed by atoms with Crippen LogP contribution in [0.25, 0.3) is 0 Å². The average Bonchev–Trinajstić information content (AvgIpc) is 2.65. The number of nitrogens with one attached hydrogen (secondary N) is 1. The third-order valence-electron chi connectivity index (χ3n) is 3.96. The molecule has 10 heteroatoms. The molecule has 27 heavy (non-hydrogen) atoms.